The maximum Gasteiger partial charge on any atom is 0.224 e. The fourth-order valence-electron chi connectivity index (χ4n) is 1.76. The monoisotopic (exact) mass is 168 g/mol. The lowest BCUT2D eigenvalue weighted by Gasteiger charge is -2.14. The van der Waals surface area contributed by atoms with Gasteiger partial charge < -0.3 is 10.6 Å². The van der Waals surface area contributed by atoms with Gasteiger partial charge in [0, 0.05) is 25.6 Å². The molecule has 2 N–H and O–H groups in total. The molecule has 0 bridgehead atoms. The molecule has 1 unspecified atom stereocenters. The largest absolute Gasteiger partial charge is 0.341 e. The molecule has 3 heteroatoms. The predicted molar refractivity (Wildman–Crippen MR) is 46.5 cm³/mol. The molecule has 0 aromatic carbocycles. The number of nitrogens with zero attached hydrogens (tertiary/aromatic N) is 1. The lowest BCUT2D eigenvalue weighted by molar-refractivity contribution is -0.127. The highest BCUT2D eigenvalue weighted by Crippen LogP contribution is 2.32. The maximum atomic E-state index is 11.3. The fraction of sp³-hybridized carbons (Fsp3) is 0.889. The number of amides is 1. The summed E-state index contributed by atoms with van der Waals surface area (Å²) < 4.78 is 0. The first-order chi connectivity index (χ1) is 5.75. The standard InChI is InChI=1S/C9H16N2O/c10-8-5-9(12)11(6-8)4-3-7-1-2-7/h7-8H,1-6,10H2. The van der Waals surface area contributed by atoms with E-state index in [1.807, 2.05) is 4.90 Å². The van der Waals surface area contributed by atoms with Gasteiger partial charge >= 0.3 is 0 Å². The third kappa shape index (κ3) is 1.78. The van der Waals surface area contributed by atoms with Crippen LogP contribution in [0.1, 0.15) is 25.7 Å². The summed E-state index contributed by atoms with van der Waals surface area (Å²) in [5.74, 6) is 1.16. The highest BCUT2D eigenvalue weighted by Gasteiger charge is 2.28. The molecule has 1 atom stereocenters. The van der Waals surface area contributed by atoms with Crippen LogP contribution in [-0.2, 0) is 4.79 Å². The smallest absolute Gasteiger partial charge is 0.224 e. The minimum atomic E-state index is 0.0942. The van der Waals surface area contributed by atoms with Gasteiger partial charge in [0.25, 0.3) is 0 Å². The Morgan fingerprint density at radius 2 is 2.25 bits per heavy atom. The molecule has 68 valence electrons. The minimum Gasteiger partial charge on any atom is -0.341 e. The van der Waals surface area contributed by atoms with Crippen molar-refractivity contribution in [3.8, 4) is 0 Å². The van der Waals surface area contributed by atoms with Crippen LogP contribution in [0.15, 0.2) is 0 Å². The van der Waals surface area contributed by atoms with Crippen LogP contribution in [0.3, 0.4) is 0 Å². The minimum absolute atomic E-state index is 0.0942. The average Bonchev–Trinajstić information content (AvgIpc) is 2.76. The van der Waals surface area contributed by atoms with E-state index in [-0.39, 0.29) is 11.9 Å². The highest BCUT2D eigenvalue weighted by atomic mass is 16.2. The lowest BCUT2D eigenvalue weighted by atomic mass is 10.3. The third-order valence-electron chi connectivity index (χ3n) is 2.75. The van der Waals surface area contributed by atoms with E-state index in [1.165, 1.54) is 19.3 Å². The maximum absolute atomic E-state index is 11.3. The molecule has 2 fully saturated rings. The van der Waals surface area contributed by atoms with Crippen LogP contribution in [0.5, 0.6) is 0 Å². The number of carbonyl (C=O) groups excluding carboxylic acids is 1. The van der Waals surface area contributed by atoms with E-state index in [0.29, 0.717) is 6.42 Å². The van der Waals surface area contributed by atoms with E-state index >= 15 is 0 Å². The predicted octanol–water partition coefficient (Wildman–Crippen LogP) is 0.346. The van der Waals surface area contributed by atoms with Crippen LogP contribution in [0.2, 0.25) is 0 Å². The highest BCUT2D eigenvalue weighted by molar-refractivity contribution is 5.79. The van der Waals surface area contributed by atoms with Crippen molar-refractivity contribution in [2.45, 2.75) is 31.7 Å². The van der Waals surface area contributed by atoms with Crippen molar-refractivity contribution in [2.75, 3.05) is 13.1 Å². The Morgan fingerprint density at radius 1 is 1.50 bits per heavy atom. The van der Waals surface area contributed by atoms with E-state index in [9.17, 15) is 4.79 Å². The molecular formula is C9H16N2O. The van der Waals surface area contributed by atoms with Crippen LogP contribution < -0.4 is 5.73 Å². The Balaban J connectivity index is 1.75. The summed E-state index contributed by atoms with van der Waals surface area (Å²) >= 11 is 0. The molecule has 3 nitrogen and oxygen atoms in total. The van der Waals surface area contributed by atoms with Crippen molar-refractivity contribution >= 4 is 5.91 Å². The second-order valence-electron chi connectivity index (χ2n) is 4.04. The molecule has 0 spiro atoms. The zero-order chi connectivity index (χ0) is 8.55. The number of hydrogen-bond donors (Lipinski definition) is 1. The number of nitrogens with two attached hydrogens (primary N) is 1. The number of likely N-dealkylation sites (tertiary alicyclic amines) is 1. The van der Waals surface area contributed by atoms with Gasteiger partial charge in [-0.05, 0) is 12.3 Å². The Bertz CT molecular complexity index is 189. The van der Waals surface area contributed by atoms with Crippen molar-refractivity contribution in [1.29, 1.82) is 0 Å². The first-order valence-electron chi connectivity index (χ1n) is 4.79. The van der Waals surface area contributed by atoms with Gasteiger partial charge in [0.05, 0.1) is 0 Å². The van der Waals surface area contributed by atoms with Crippen LogP contribution in [0, 0.1) is 5.92 Å². The van der Waals surface area contributed by atoms with Gasteiger partial charge in [-0.25, -0.2) is 0 Å². The molecule has 0 radical (unpaired) electrons. The Hall–Kier alpha value is -0.570. The zero-order valence-corrected chi connectivity index (χ0v) is 7.33. The molecular weight excluding hydrogens is 152 g/mol. The van der Waals surface area contributed by atoms with Crippen LogP contribution in [-0.4, -0.2) is 29.9 Å². The SMILES string of the molecule is NC1CC(=O)N(CCC2CC2)C1. The topological polar surface area (TPSA) is 46.3 Å². The third-order valence-corrected chi connectivity index (χ3v) is 2.75. The van der Waals surface area contributed by atoms with Crippen LogP contribution in [0.25, 0.3) is 0 Å². The second-order valence-corrected chi connectivity index (χ2v) is 4.04. The van der Waals surface area contributed by atoms with Gasteiger partial charge in [-0.1, -0.05) is 12.8 Å². The molecule has 1 aliphatic heterocycles. The van der Waals surface area contributed by atoms with Gasteiger partial charge in [0.2, 0.25) is 5.91 Å². The number of hydrogen-bond acceptors (Lipinski definition) is 2. The van der Waals surface area contributed by atoms with Crippen LogP contribution >= 0.6 is 0 Å². The summed E-state index contributed by atoms with van der Waals surface area (Å²) in [7, 11) is 0. The molecule has 1 saturated heterocycles. The molecule has 12 heavy (non-hydrogen) atoms. The van der Waals surface area contributed by atoms with Gasteiger partial charge in [0.1, 0.15) is 0 Å². The molecule has 0 aromatic rings. The van der Waals surface area contributed by atoms with Crippen LogP contribution in [0.4, 0.5) is 0 Å². The second kappa shape index (κ2) is 3.05. The van der Waals surface area contributed by atoms with Gasteiger partial charge in [0.15, 0.2) is 0 Å². The summed E-state index contributed by atoms with van der Waals surface area (Å²) in [6.07, 6.45) is 4.49. The van der Waals surface area contributed by atoms with Crippen molar-refractivity contribution in [1.82, 2.24) is 4.90 Å². The molecule has 1 amide bonds. The molecule has 2 aliphatic rings. The quantitative estimate of drug-likeness (QED) is 0.660. The molecule has 1 saturated carbocycles. The van der Waals surface area contributed by atoms with Gasteiger partial charge in [-0.3, -0.25) is 4.79 Å². The summed E-state index contributed by atoms with van der Waals surface area (Å²) in [6.45, 7) is 1.72. The van der Waals surface area contributed by atoms with Crippen molar-refractivity contribution in [2.24, 2.45) is 11.7 Å². The van der Waals surface area contributed by atoms with Crippen molar-refractivity contribution in [3.63, 3.8) is 0 Å². The van der Waals surface area contributed by atoms with Crippen molar-refractivity contribution < 1.29 is 4.79 Å². The van der Waals surface area contributed by atoms with E-state index in [1.54, 1.807) is 0 Å². The van der Waals surface area contributed by atoms with E-state index in [2.05, 4.69) is 0 Å². The lowest BCUT2D eigenvalue weighted by Crippen LogP contribution is -2.29. The Morgan fingerprint density at radius 3 is 2.75 bits per heavy atom. The van der Waals surface area contributed by atoms with E-state index in [4.69, 9.17) is 5.73 Å². The molecule has 2 rings (SSSR count). The normalized spacial score (nSPS) is 29.9. The zero-order valence-electron chi connectivity index (χ0n) is 7.33. The summed E-state index contributed by atoms with van der Waals surface area (Å²) in [5.41, 5.74) is 5.68. The van der Waals surface area contributed by atoms with Gasteiger partial charge in [-0.15, -0.1) is 0 Å². The fourth-order valence-corrected chi connectivity index (χ4v) is 1.76. The van der Waals surface area contributed by atoms with Crippen molar-refractivity contribution in [3.05, 3.63) is 0 Å². The van der Waals surface area contributed by atoms with Gasteiger partial charge in [-0.2, -0.15) is 0 Å². The number of carbonyl (C=O) groups is 1. The summed E-state index contributed by atoms with van der Waals surface area (Å²) in [4.78, 5) is 13.2. The van der Waals surface area contributed by atoms with E-state index in [0.717, 1.165) is 19.0 Å². The molecule has 1 aliphatic carbocycles. The Kier molecular flexibility index (Phi) is 2.05. The Labute approximate surface area is 72.9 Å². The summed E-state index contributed by atoms with van der Waals surface area (Å²) in [6, 6.07) is 0.0942. The molecule has 0 aromatic heterocycles. The first kappa shape index (κ1) is 8.05. The van der Waals surface area contributed by atoms with E-state index < -0.39 is 0 Å². The number of rotatable bonds is 3. The molecule has 1 heterocycles. The summed E-state index contributed by atoms with van der Waals surface area (Å²) in [5, 5.41) is 0. The average molecular weight is 168 g/mol. The first-order valence-corrected chi connectivity index (χ1v) is 4.79.